The molecule has 0 aliphatic carbocycles. The maximum absolute atomic E-state index is 13.2. The maximum atomic E-state index is 13.2. The molecule has 336 valence electrons. The van der Waals surface area contributed by atoms with Crippen molar-refractivity contribution < 1.29 is 23.9 Å². The van der Waals surface area contributed by atoms with Gasteiger partial charge in [0.25, 0.3) is 11.8 Å². The molecule has 4 fully saturated rings. The predicted octanol–water partition coefficient (Wildman–Crippen LogP) is 5.86. The van der Waals surface area contributed by atoms with Crippen molar-refractivity contribution in [3.05, 3.63) is 95.1 Å². The van der Waals surface area contributed by atoms with Gasteiger partial charge in [-0.3, -0.25) is 24.5 Å². The number of likely N-dealkylation sites (tertiary alicyclic amines) is 3. The van der Waals surface area contributed by atoms with Gasteiger partial charge < -0.3 is 35.4 Å². The van der Waals surface area contributed by atoms with Gasteiger partial charge in [-0.15, -0.1) is 0 Å². The second kappa shape index (κ2) is 18.5. The minimum Gasteiger partial charge on any atom is -0.457 e. The van der Waals surface area contributed by atoms with Crippen molar-refractivity contribution in [2.75, 3.05) is 70.8 Å². The summed E-state index contributed by atoms with van der Waals surface area (Å²) in [5.41, 5.74) is 10.9. The smallest absolute Gasteiger partial charge is 0.255 e. The number of primary amides is 1. The van der Waals surface area contributed by atoms with Crippen LogP contribution in [0.25, 0.3) is 11.3 Å². The average Bonchev–Trinajstić information content (AvgIpc) is 3.87. The quantitative estimate of drug-likeness (QED) is 0.147. The third-order valence-electron chi connectivity index (χ3n) is 15.0. The topological polar surface area (TPSA) is 158 Å². The zero-order chi connectivity index (χ0) is 43.7. The number of ether oxygens (including phenoxy) is 1. The molecule has 7 heterocycles. The zero-order valence-corrected chi connectivity index (χ0v) is 36.8. The molecule has 0 saturated carbocycles. The summed E-state index contributed by atoms with van der Waals surface area (Å²) in [5.74, 6) is 2.75. The highest BCUT2D eigenvalue weighted by Crippen LogP contribution is 2.41. The van der Waals surface area contributed by atoms with Crippen LogP contribution in [0, 0.1) is 11.8 Å². The number of para-hydroxylation sites is 1. The van der Waals surface area contributed by atoms with E-state index in [9.17, 15) is 19.2 Å². The molecule has 1 unspecified atom stereocenters. The lowest BCUT2D eigenvalue weighted by Crippen LogP contribution is -2.52. The molecule has 3 aromatic carbocycles. The van der Waals surface area contributed by atoms with Gasteiger partial charge in [-0.2, -0.15) is 5.10 Å². The fourth-order valence-electron chi connectivity index (χ4n) is 11.4. The molecule has 14 nitrogen and oxygen atoms in total. The van der Waals surface area contributed by atoms with Crippen LogP contribution < -0.4 is 21.1 Å². The molecule has 6 aliphatic heterocycles. The van der Waals surface area contributed by atoms with Gasteiger partial charge in [0.05, 0.1) is 6.04 Å². The van der Waals surface area contributed by atoms with E-state index >= 15 is 0 Å². The largest absolute Gasteiger partial charge is 0.457 e. The number of nitrogens with one attached hydrogen (secondary N) is 2. The van der Waals surface area contributed by atoms with Gasteiger partial charge >= 0.3 is 0 Å². The summed E-state index contributed by atoms with van der Waals surface area (Å²) in [5, 5.41) is 11.0. The highest BCUT2D eigenvalue weighted by atomic mass is 16.5. The Bertz CT molecular complexity index is 2340. The van der Waals surface area contributed by atoms with E-state index in [1.165, 1.54) is 38.0 Å². The van der Waals surface area contributed by atoms with E-state index in [4.69, 9.17) is 15.6 Å². The van der Waals surface area contributed by atoms with Crippen LogP contribution in [0.2, 0.25) is 0 Å². The molecular formula is C50H61N9O5. The number of nitrogens with zero attached hydrogens (tertiary/aromatic N) is 6. The lowest BCUT2D eigenvalue weighted by molar-refractivity contribution is -0.136. The molecule has 4 aromatic rings. The van der Waals surface area contributed by atoms with Crippen molar-refractivity contribution >= 4 is 29.4 Å². The third kappa shape index (κ3) is 8.92. The first-order valence-corrected chi connectivity index (χ1v) is 23.7. The SMILES string of the molecule is NC(=O)c1c(-c2ccc(Oc3ccccc3)cc2)nn2c1NCC[C@H]2C1CCN(CC2CCN(CCN3CCC(c4ccc5c(c4)CN(C4CCC(=O)NC4=O)C5=O)CC3)CC2)CC1. The van der Waals surface area contributed by atoms with Crippen molar-refractivity contribution in [1.82, 2.24) is 34.7 Å². The summed E-state index contributed by atoms with van der Waals surface area (Å²) in [4.78, 5) is 59.8. The number of nitrogens with two attached hydrogens (primary N) is 1. The van der Waals surface area contributed by atoms with Crippen LogP contribution in [0.3, 0.4) is 0 Å². The number of benzene rings is 3. The average molecular weight is 868 g/mol. The molecule has 1 aromatic heterocycles. The van der Waals surface area contributed by atoms with Crippen LogP contribution >= 0.6 is 0 Å². The Hall–Kier alpha value is -5.57. The van der Waals surface area contributed by atoms with Gasteiger partial charge in [0.1, 0.15) is 34.6 Å². The molecule has 4 N–H and O–H groups in total. The lowest BCUT2D eigenvalue weighted by atomic mass is 9.86. The second-order valence-corrected chi connectivity index (χ2v) is 19.0. The number of amides is 4. The van der Waals surface area contributed by atoms with Gasteiger partial charge in [0, 0.05) is 50.3 Å². The number of rotatable bonds is 12. The van der Waals surface area contributed by atoms with Gasteiger partial charge in [0.15, 0.2) is 0 Å². The number of carbonyl (C=O) groups excluding carboxylic acids is 4. The van der Waals surface area contributed by atoms with Crippen LogP contribution in [0.4, 0.5) is 5.82 Å². The van der Waals surface area contributed by atoms with Crippen molar-refractivity contribution in [3.8, 4) is 22.8 Å². The van der Waals surface area contributed by atoms with Crippen molar-refractivity contribution in [3.63, 3.8) is 0 Å². The molecule has 14 heteroatoms. The maximum Gasteiger partial charge on any atom is 0.255 e. The van der Waals surface area contributed by atoms with Crippen LogP contribution in [0.15, 0.2) is 72.8 Å². The van der Waals surface area contributed by atoms with Crippen molar-refractivity contribution in [2.24, 2.45) is 17.6 Å². The molecule has 0 radical (unpaired) electrons. The minimum atomic E-state index is -0.577. The number of fused-ring (bicyclic) bond motifs is 2. The monoisotopic (exact) mass is 867 g/mol. The highest BCUT2D eigenvalue weighted by Gasteiger charge is 2.40. The van der Waals surface area contributed by atoms with Gasteiger partial charge in [-0.1, -0.05) is 30.3 Å². The second-order valence-electron chi connectivity index (χ2n) is 19.0. The number of aromatic nitrogens is 2. The van der Waals surface area contributed by atoms with E-state index in [2.05, 4.69) is 42.1 Å². The Kier molecular flexibility index (Phi) is 12.3. The number of piperidine rings is 4. The molecule has 0 spiro atoms. The molecule has 4 saturated heterocycles. The van der Waals surface area contributed by atoms with Gasteiger partial charge in [-0.05, 0) is 162 Å². The van der Waals surface area contributed by atoms with Crippen LogP contribution in [0.1, 0.15) is 102 Å². The van der Waals surface area contributed by atoms with E-state index in [0.717, 1.165) is 112 Å². The first kappa shape index (κ1) is 42.4. The van der Waals surface area contributed by atoms with E-state index in [1.807, 2.05) is 60.7 Å². The Balaban J connectivity index is 0.656. The summed E-state index contributed by atoms with van der Waals surface area (Å²) < 4.78 is 8.08. The normalized spacial score (nSPS) is 23.1. The summed E-state index contributed by atoms with van der Waals surface area (Å²) >= 11 is 0. The molecular weight excluding hydrogens is 807 g/mol. The number of carbonyl (C=O) groups is 4. The Labute approximate surface area is 375 Å². The highest BCUT2D eigenvalue weighted by molar-refractivity contribution is 6.05. The van der Waals surface area contributed by atoms with Crippen LogP contribution in [-0.4, -0.2) is 124 Å². The molecule has 0 bridgehead atoms. The molecule has 6 aliphatic rings. The first-order chi connectivity index (χ1) is 31.2. The Morgan fingerprint density at radius 2 is 1.45 bits per heavy atom. The first-order valence-electron chi connectivity index (χ1n) is 23.7. The standard InChI is InChI=1S/C50H61N9O5/c51-47(61)45-46(36-6-9-40(10-7-36)64-39-4-2-1-3-5-39)54-59-42(14-21-52-48(45)59)35-19-26-57(27-20-35)31-33-15-22-55(23-16-33)28-29-56-24-17-34(18-25-56)37-8-11-41-38(30-37)32-58(50(41)63)43-12-13-44(60)53-49(43)62/h1-11,30,33-35,42-43,52H,12-29,31-32H2,(H2,51,61)(H,53,60,62)/t42-,43?/m0/s1. The summed E-state index contributed by atoms with van der Waals surface area (Å²) in [7, 11) is 0. The number of anilines is 1. The van der Waals surface area contributed by atoms with Crippen molar-refractivity contribution in [1.29, 1.82) is 0 Å². The summed E-state index contributed by atoms with van der Waals surface area (Å²) in [6.07, 6.45) is 8.62. The molecule has 64 heavy (non-hydrogen) atoms. The van der Waals surface area contributed by atoms with E-state index in [-0.39, 0.29) is 30.2 Å². The van der Waals surface area contributed by atoms with E-state index in [1.54, 1.807) is 4.90 Å². The molecule has 10 rings (SSSR count). The Morgan fingerprint density at radius 1 is 0.766 bits per heavy atom. The van der Waals surface area contributed by atoms with Gasteiger partial charge in [0.2, 0.25) is 11.8 Å². The molecule has 2 atom stereocenters. The fourth-order valence-corrected chi connectivity index (χ4v) is 11.4. The Morgan fingerprint density at radius 3 is 2.16 bits per heavy atom. The summed E-state index contributed by atoms with van der Waals surface area (Å²) in [6, 6.07) is 23.3. The molecule has 4 amide bonds. The zero-order valence-electron chi connectivity index (χ0n) is 36.8. The predicted molar refractivity (Wildman–Crippen MR) is 244 cm³/mol. The minimum absolute atomic E-state index is 0.107. The van der Waals surface area contributed by atoms with E-state index in [0.29, 0.717) is 41.6 Å². The third-order valence-corrected chi connectivity index (χ3v) is 15.0. The number of imide groups is 1. The van der Waals surface area contributed by atoms with E-state index < -0.39 is 11.9 Å². The van der Waals surface area contributed by atoms with Crippen molar-refractivity contribution in [2.45, 2.75) is 82.3 Å². The lowest BCUT2D eigenvalue weighted by Gasteiger charge is -2.41. The van der Waals surface area contributed by atoms with Crippen LogP contribution in [-0.2, 0) is 16.1 Å². The van der Waals surface area contributed by atoms with Crippen LogP contribution in [0.5, 0.6) is 11.5 Å². The fraction of sp³-hybridized carbons (Fsp3) is 0.500. The number of hydrogen-bond donors (Lipinski definition) is 3. The number of hydrogen-bond acceptors (Lipinski definition) is 10. The summed E-state index contributed by atoms with van der Waals surface area (Å²) in [6.45, 7) is 11.4. The van der Waals surface area contributed by atoms with Gasteiger partial charge in [-0.25, -0.2) is 4.68 Å².